The highest BCUT2D eigenvalue weighted by molar-refractivity contribution is 5.96. The number of hydrogen-bond acceptors (Lipinski definition) is 6. The molecule has 0 unspecified atom stereocenters. The number of Topliss-reactive ketones (excluding diaryl/α,β-unsaturated/α-hetero) is 1. The van der Waals surface area contributed by atoms with Crippen LogP contribution in [0.25, 0.3) is 11.3 Å². The number of hydrogen-bond donors (Lipinski definition) is 1. The molecule has 3 aromatic carbocycles. The van der Waals surface area contributed by atoms with E-state index < -0.39 is 18.5 Å². The van der Waals surface area contributed by atoms with Crippen LogP contribution in [-0.4, -0.2) is 24.3 Å². The quantitative estimate of drug-likeness (QED) is 0.250. The van der Waals surface area contributed by atoms with Crippen molar-refractivity contribution in [2.24, 2.45) is 0 Å². The van der Waals surface area contributed by atoms with Crippen LogP contribution in [0.4, 0.5) is 5.69 Å². The average molecular weight is 469 g/mol. The maximum absolute atomic E-state index is 12.4. The van der Waals surface area contributed by atoms with Crippen molar-refractivity contribution in [3.05, 3.63) is 102 Å². The molecule has 1 N–H and O–H groups in total. The molecule has 7 nitrogen and oxygen atoms in total. The van der Waals surface area contributed by atoms with Gasteiger partial charge in [0, 0.05) is 11.1 Å². The van der Waals surface area contributed by atoms with E-state index in [1.54, 1.807) is 54.6 Å². The number of anilines is 1. The SMILES string of the molecule is CC(=O)c1ccc(-c2ccc(C(=O)OCC(=O)Nc3ccccc3Oc3ccc(C)cc3)o2)cc1. The Bertz CT molecular complexity index is 1350. The molecule has 0 bridgehead atoms. The molecular formula is C28H23NO6. The molecule has 0 aliphatic heterocycles. The number of esters is 1. The molecule has 0 aliphatic carbocycles. The van der Waals surface area contributed by atoms with Crippen molar-refractivity contribution in [1.29, 1.82) is 0 Å². The Balaban J connectivity index is 1.34. The maximum atomic E-state index is 12.4. The van der Waals surface area contributed by atoms with Crippen LogP contribution in [-0.2, 0) is 9.53 Å². The van der Waals surface area contributed by atoms with Crippen molar-refractivity contribution >= 4 is 23.3 Å². The number of nitrogens with one attached hydrogen (secondary N) is 1. The molecule has 4 aromatic rings. The smallest absolute Gasteiger partial charge is 0.374 e. The van der Waals surface area contributed by atoms with Crippen LogP contribution in [0.5, 0.6) is 11.5 Å². The first-order chi connectivity index (χ1) is 16.9. The van der Waals surface area contributed by atoms with Crippen molar-refractivity contribution in [2.75, 3.05) is 11.9 Å². The van der Waals surface area contributed by atoms with Crippen molar-refractivity contribution < 1.29 is 28.3 Å². The van der Waals surface area contributed by atoms with Crippen molar-refractivity contribution in [2.45, 2.75) is 13.8 Å². The number of carbonyl (C=O) groups excluding carboxylic acids is 3. The van der Waals surface area contributed by atoms with E-state index in [0.717, 1.165) is 5.56 Å². The topological polar surface area (TPSA) is 94.8 Å². The number of ketones is 1. The summed E-state index contributed by atoms with van der Waals surface area (Å²) in [6, 6.07) is 24.4. The molecule has 7 heteroatoms. The van der Waals surface area contributed by atoms with Gasteiger partial charge in [-0.15, -0.1) is 0 Å². The molecule has 0 atom stereocenters. The number of furan rings is 1. The Hall–Kier alpha value is -4.65. The summed E-state index contributed by atoms with van der Waals surface area (Å²) in [6.07, 6.45) is 0. The summed E-state index contributed by atoms with van der Waals surface area (Å²) < 4.78 is 16.5. The second-order valence-corrected chi connectivity index (χ2v) is 7.83. The van der Waals surface area contributed by atoms with Gasteiger partial charge in [0.2, 0.25) is 5.76 Å². The van der Waals surface area contributed by atoms with Crippen molar-refractivity contribution in [3.63, 3.8) is 0 Å². The molecule has 4 rings (SSSR count). The van der Waals surface area contributed by atoms with E-state index in [0.29, 0.717) is 34.1 Å². The van der Waals surface area contributed by atoms with Gasteiger partial charge in [0.05, 0.1) is 5.69 Å². The summed E-state index contributed by atoms with van der Waals surface area (Å²) in [5.41, 5.74) is 2.84. The van der Waals surface area contributed by atoms with Crippen LogP contribution in [0.15, 0.2) is 89.3 Å². The zero-order chi connectivity index (χ0) is 24.8. The summed E-state index contributed by atoms with van der Waals surface area (Å²) in [6.45, 7) is 2.97. The summed E-state index contributed by atoms with van der Waals surface area (Å²) in [5.74, 6) is 0.171. The third-order valence-corrected chi connectivity index (χ3v) is 5.13. The van der Waals surface area contributed by atoms with Crippen LogP contribution < -0.4 is 10.1 Å². The highest BCUT2D eigenvalue weighted by Crippen LogP contribution is 2.29. The number of aryl methyl sites for hydroxylation is 1. The van der Waals surface area contributed by atoms with E-state index >= 15 is 0 Å². The summed E-state index contributed by atoms with van der Waals surface area (Å²) in [5, 5.41) is 2.70. The fourth-order valence-electron chi connectivity index (χ4n) is 3.25. The van der Waals surface area contributed by atoms with E-state index in [1.807, 2.05) is 31.2 Å². The average Bonchev–Trinajstić information content (AvgIpc) is 3.36. The number of para-hydroxylation sites is 2. The Labute approximate surface area is 202 Å². The number of amides is 1. The van der Waals surface area contributed by atoms with Crippen LogP contribution in [0.3, 0.4) is 0 Å². The Morgan fingerprint density at radius 1 is 0.857 bits per heavy atom. The van der Waals surface area contributed by atoms with Gasteiger partial charge >= 0.3 is 5.97 Å². The molecular weight excluding hydrogens is 446 g/mol. The van der Waals surface area contributed by atoms with Gasteiger partial charge in [-0.25, -0.2) is 4.79 Å². The number of carbonyl (C=O) groups is 3. The zero-order valence-electron chi connectivity index (χ0n) is 19.2. The lowest BCUT2D eigenvalue weighted by atomic mass is 10.1. The van der Waals surface area contributed by atoms with Crippen LogP contribution >= 0.6 is 0 Å². The normalized spacial score (nSPS) is 10.5. The molecule has 1 heterocycles. The molecule has 35 heavy (non-hydrogen) atoms. The van der Waals surface area contributed by atoms with Gasteiger partial charge in [0.25, 0.3) is 5.91 Å². The van der Waals surface area contributed by atoms with Gasteiger partial charge in [0.1, 0.15) is 11.5 Å². The van der Waals surface area contributed by atoms with Gasteiger partial charge in [-0.1, -0.05) is 54.1 Å². The first kappa shape index (κ1) is 23.5. The fourth-order valence-corrected chi connectivity index (χ4v) is 3.25. The molecule has 176 valence electrons. The van der Waals surface area contributed by atoms with Crippen LogP contribution in [0.2, 0.25) is 0 Å². The number of ether oxygens (including phenoxy) is 2. The molecule has 0 fully saturated rings. The van der Waals surface area contributed by atoms with Gasteiger partial charge in [0.15, 0.2) is 18.1 Å². The highest BCUT2D eigenvalue weighted by Gasteiger charge is 2.16. The predicted molar refractivity (Wildman–Crippen MR) is 131 cm³/mol. The summed E-state index contributed by atoms with van der Waals surface area (Å²) in [7, 11) is 0. The highest BCUT2D eigenvalue weighted by atomic mass is 16.5. The van der Waals surface area contributed by atoms with E-state index in [1.165, 1.54) is 13.0 Å². The molecule has 0 saturated carbocycles. The van der Waals surface area contributed by atoms with Crippen LogP contribution in [0.1, 0.15) is 33.4 Å². The second-order valence-electron chi connectivity index (χ2n) is 7.83. The Kier molecular flexibility index (Phi) is 7.07. The summed E-state index contributed by atoms with van der Waals surface area (Å²) >= 11 is 0. The van der Waals surface area contributed by atoms with E-state index in [2.05, 4.69) is 5.32 Å². The monoisotopic (exact) mass is 469 g/mol. The van der Waals surface area contributed by atoms with Gasteiger partial charge in [-0.05, 0) is 50.2 Å². The largest absolute Gasteiger partial charge is 0.455 e. The molecule has 1 aromatic heterocycles. The third kappa shape index (κ3) is 6.03. The van der Waals surface area contributed by atoms with Gasteiger partial charge < -0.3 is 19.2 Å². The zero-order valence-corrected chi connectivity index (χ0v) is 19.2. The first-order valence-electron chi connectivity index (χ1n) is 10.9. The van der Waals surface area contributed by atoms with Crippen molar-refractivity contribution in [1.82, 2.24) is 0 Å². The number of benzene rings is 3. The van der Waals surface area contributed by atoms with Crippen molar-refractivity contribution in [3.8, 4) is 22.8 Å². The van der Waals surface area contributed by atoms with Gasteiger partial charge in [-0.2, -0.15) is 0 Å². The third-order valence-electron chi connectivity index (χ3n) is 5.13. The summed E-state index contributed by atoms with van der Waals surface area (Å²) in [4.78, 5) is 36.2. The minimum Gasteiger partial charge on any atom is -0.455 e. The Morgan fingerprint density at radius 2 is 1.57 bits per heavy atom. The molecule has 1 amide bonds. The fraction of sp³-hybridized carbons (Fsp3) is 0.107. The Morgan fingerprint density at radius 3 is 2.29 bits per heavy atom. The second kappa shape index (κ2) is 10.5. The van der Waals surface area contributed by atoms with Crippen LogP contribution in [0, 0.1) is 6.92 Å². The van der Waals surface area contributed by atoms with E-state index in [9.17, 15) is 14.4 Å². The first-order valence-corrected chi connectivity index (χ1v) is 10.9. The molecule has 0 radical (unpaired) electrons. The molecule has 0 aliphatic rings. The minimum atomic E-state index is -0.768. The minimum absolute atomic E-state index is 0.0356. The lowest BCUT2D eigenvalue weighted by Gasteiger charge is -2.12. The van der Waals surface area contributed by atoms with Gasteiger partial charge in [-0.3, -0.25) is 9.59 Å². The van der Waals surface area contributed by atoms with E-state index in [-0.39, 0.29) is 11.5 Å². The molecule has 0 spiro atoms. The maximum Gasteiger partial charge on any atom is 0.374 e. The number of rotatable bonds is 8. The molecule has 0 saturated heterocycles. The lowest BCUT2D eigenvalue weighted by molar-refractivity contribution is -0.119. The predicted octanol–water partition coefficient (Wildman–Crippen LogP) is 6.05. The standard InChI is InChI=1S/C28H23NO6/c1-18-7-13-22(14-8-18)34-25-6-4-3-5-23(25)29-27(31)17-33-28(32)26-16-15-24(35-26)21-11-9-20(10-12-21)19(2)30/h3-16H,17H2,1-2H3,(H,29,31). The van der Waals surface area contributed by atoms with E-state index in [4.69, 9.17) is 13.9 Å². The lowest BCUT2D eigenvalue weighted by Crippen LogP contribution is -2.21.